The van der Waals surface area contributed by atoms with Gasteiger partial charge in [-0.05, 0) is 63.1 Å². The highest BCUT2D eigenvalue weighted by Crippen LogP contribution is 2.09. The molecule has 1 amide bonds. The third-order valence-corrected chi connectivity index (χ3v) is 4.06. The van der Waals surface area contributed by atoms with Gasteiger partial charge in [-0.25, -0.2) is 0 Å². The summed E-state index contributed by atoms with van der Waals surface area (Å²) >= 11 is 0. The van der Waals surface area contributed by atoms with E-state index in [-0.39, 0.29) is 0 Å². The van der Waals surface area contributed by atoms with E-state index >= 15 is 0 Å². The number of rotatable bonds is 7. The number of primary amides is 1. The quantitative estimate of drug-likeness (QED) is 0.529. The molecule has 0 unspecified atom stereocenters. The SMILES string of the molecule is CC(C)(O)[C@H](NCCCc1ccc(C#Cc2ccccc2)cc1)C(N)=O. The Bertz CT molecular complexity index is 766. The van der Waals surface area contributed by atoms with E-state index in [1.165, 1.54) is 5.56 Å². The van der Waals surface area contributed by atoms with E-state index in [1.807, 2.05) is 42.5 Å². The number of amides is 1. The Balaban J connectivity index is 1.83. The molecule has 2 aromatic carbocycles. The van der Waals surface area contributed by atoms with Crippen LogP contribution in [0.1, 0.15) is 37.0 Å². The summed E-state index contributed by atoms with van der Waals surface area (Å²) in [4.78, 5) is 11.4. The van der Waals surface area contributed by atoms with Crippen LogP contribution in [-0.4, -0.2) is 29.2 Å². The molecule has 4 nitrogen and oxygen atoms in total. The highest BCUT2D eigenvalue weighted by atomic mass is 16.3. The van der Waals surface area contributed by atoms with Gasteiger partial charge in [0.2, 0.25) is 5.91 Å². The van der Waals surface area contributed by atoms with E-state index in [1.54, 1.807) is 13.8 Å². The van der Waals surface area contributed by atoms with Gasteiger partial charge in [0, 0.05) is 11.1 Å². The van der Waals surface area contributed by atoms with Crippen molar-refractivity contribution < 1.29 is 9.90 Å². The van der Waals surface area contributed by atoms with Gasteiger partial charge in [0.25, 0.3) is 0 Å². The Morgan fingerprint density at radius 2 is 1.65 bits per heavy atom. The predicted molar refractivity (Wildman–Crippen MR) is 104 cm³/mol. The fourth-order valence-electron chi connectivity index (χ4n) is 2.66. The second-order valence-corrected chi connectivity index (χ2v) is 6.86. The number of carbonyl (C=O) groups is 1. The number of aryl methyl sites for hydroxylation is 1. The Morgan fingerprint density at radius 3 is 2.19 bits per heavy atom. The molecular weight excluding hydrogens is 324 g/mol. The van der Waals surface area contributed by atoms with Crippen molar-refractivity contribution >= 4 is 5.91 Å². The highest BCUT2D eigenvalue weighted by Gasteiger charge is 2.30. The maximum Gasteiger partial charge on any atom is 0.237 e. The normalized spacial score (nSPS) is 12.1. The topological polar surface area (TPSA) is 75.3 Å². The molecular formula is C22H26N2O2. The van der Waals surface area contributed by atoms with Gasteiger partial charge in [-0.1, -0.05) is 42.2 Å². The molecule has 26 heavy (non-hydrogen) atoms. The smallest absolute Gasteiger partial charge is 0.237 e. The van der Waals surface area contributed by atoms with Crippen LogP contribution in [0, 0.1) is 11.8 Å². The Kier molecular flexibility index (Phi) is 6.97. The summed E-state index contributed by atoms with van der Waals surface area (Å²) in [7, 11) is 0. The van der Waals surface area contributed by atoms with Gasteiger partial charge in [-0.3, -0.25) is 4.79 Å². The first kappa shape index (κ1) is 19.7. The zero-order valence-corrected chi connectivity index (χ0v) is 15.3. The van der Waals surface area contributed by atoms with Crippen molar-refractivity contribution in [3.8, 4) is 11.8 Å². The van der Waals surface area contributed by atoms with E-state index in [2.05, 4.69) is 29.3 Å². The van der Waals surface area contributed by atoms with E-state index in [4.69, 9.17) is 5.73 Å². The van der Waals surface area contributed by atoms with Gasteiger partial charge in [-0.15, -0.1) is 0 Å². The van der Waals surface area contributed by atoms with Crippen molar-refractivity contribution in [2.75, 3.05) is 6.54 Å². The van der Waals surface area contributed by atoms with Crippen LogP contribution in [0.5, 0.6) is 0 Å². The first-order chi connectivity index (χ1) is 12.4. The lowest BCUT2D eigenvalue weighted by Crippen LogP contribution is -2.55. The van der Waals surface area contributed by atoms with Crippen molar-refractivity contribution in [2.24, 2.45) is 5.73 Å². The van der Waals surface area contributed by atoms with Crippen LogP contribution in [0.15, 0.2) is 54.6 Å². The molecule has 2 rings (SSSR count). The molecule has 0 aliphatic heterocycles. The third kappa shape index (κ3) is 6.36. The van der Waals surface area contributed by atoms with Gasteiger partial charge < -0.3 is 16.2 Å². The average molecular weight is 350 g/mol. The lowest BCUT2D eigenvalue weighted by molar-refractivity contribution is -0.125. The zero-order chi connectivity index (χ0) is 19.0. The standard InChI is InChI=1S/C22H26N2O2/c1-22(2,26)20(21(23)25)24-16-6-9-18-11-14-19(15-12-18)13-10-17-7-4-3-5-8-17/h3-5,7-8,11-12,14-15,20,24,26H,6,9,16H2,1-2H3,(H2,23,25)/t20-/m1/s1. The van der Waals surface area contributed by atoms with Crippen molar-refractivity contribution in [3.63, 3.8) is 0 Å². The van der Waals surface area contributed by atoms with E-state index in [0.29, 0.717) is 6.54 Å². The molecule has 0 heterocycles. The van der Waals surface area contributed by atoms with Gasteiger partial charge in [0.05, 0.1) is 5.60 Å². The maximum absolute atomic E-state index is 11.4. The van der Waals surface area contributed by atoms with Crippen molar-refractivity contribution in [1.29, 1.82) is 0 Å². The molecule has 2 aromatic rings. The molecule has 0 radical (unpaired) electrons. The van der Waals surface area contributed by atoms with Crippen LogP contribution in [-0.2, 0) is 11.2 Å². The number of carbonyl (C=O) groups excluding carboxylic acids is 1. The van der Waals surface area contributed by atoms with Crippen molar-refractivity contribution in [3.05, 3.63) is 71.3 Å². The summed E-state index contributed by atoms with van der Waals surface area (Å²) in [6.07, 6.45) is 1.71. The Labute approximate surface area is 155 Å². The second-order valence-electron chi connectivity index (χ2n) is 6.86. The van der Waals surface area contributed by atoms with E-state index in [9.17, 15) is 9.90 Å². The van der Waals surface area contributed by atoms with Crippen LogP contribution in [0.3, 0.4) is 0 Å². The molecule has 1 atom stereocenters. The molecule has 0 spiro atoms. The first-order valence-electron chi connectivity index (χ1n) is 8.77. The predicted octanol–water partition coefficient (Wildman–Crippen LogP) is 2.23. The van der Waals surface area contributed by atoms with Crippen molar-refractivity contribution in [2.45, 2.75) is 38.3 Å². The minimum absolute atomic E-state index is 0.543. The molecule has 0 aliphatic rings. The molecule has 4 N–H and O–H groups in total. The van der Waals surface area contributed by atoms with Crippen LogP contribution in [0.4, 0.5) is 0 Å². The molecule has 136 valence electrons. The van der Waals surface area contributed by atoms with Crippen LogP contribution >= 0.6 is 0 Å². The third-order valence-electron chi connectivity index (χ3n) is 4.06. The molecule has 0 fully saturated rings. The van der Waals surface area contributed by atoms with Crippen molar-refractivity contribution in [1.82, 2.24) is 5.32 Å². The number of hydrogen-bond donors (Lipinski definition) is 3. The molecule has 0 aliphatic carbocycles. The lowest BCUT2D eigenvalue weighted by atomic mass is 9.98. The Morgan fingerprint density at radius 1 is 1.08 bits per heavy atom. The number of nitrogens with two attached hydrogens (primary N) is 1. The molecule has 0 saturated carbocycles. The monoisotopic (exact) mass is 350 g/mol. The maximum atomic E-state index is 11.4. The van der Waals surface area contributed by atoms with Gasteiger partial charge >= 0.3 is 0 Å². The fraction of sp³-hybridized carbons (Fsp3) is 0.318. The minimum atomic E-state index is -1.18. The number of nitrogens with one attached hydrogen (secondary N) is 1. The van der Waals surface area contributed by atoms with Gasteiger partial charge in [0.15, 0.2) is 0 Å². The first-order valence-corrected chi connectivity index (χ1v) is 8.77. The van der Waals surface area contributed by atoms with Gasteiger partial charge in [-0.2, -0.15) is 0 Å². The summed E-state index contributed by atoms with van der Waals surface area (Å²) in [5.41, 5.74) is 7.33. The van der Waals surface area contributed by atoms with E-state index < -0.39 is 17.6 Å². The van der Waals surface area contributed by atoms with E-state index in [0.717, 1.165) is 24.0 Å². The summed E-state index contributed by atoms with van der Waals surface area (Å²) in [5, 5.41) is 13.0. The Hall–Kier alpha value is -2.61. The second kappa shape index (κ2) is 9.19. The summed E-state index contributed by atoms with van der Waals surface area (Å²) in [6, 6.07) is 17.3. The largest absolute Gasteiger partial charge is 0.388 e. The number of benzene rings is 2. The molecule has 0 saturated heterocycles. The summed E-state index contributed by atoms with van der Waals surface area (Å²) in [6.45, 7) is 3.75. The number of hydrogen-bond acceptors (Lipinski definition) is 3. The minimum Gasteiger partial charge on any atom is -0.388 e. The van der Waals surface area contributed by atoms with Crippen LogP contribution in [0.25, 0.3) is 0 Å². The summed E-state index contributed by atoms with van der Waals surface area (Å²) < 4.78 is 0. The fourth-order valence-corrected chi connectivity index (χ4v) is 2.66. The van der Waals surface area contributed by atoms with Crippen LogP contribution < -0.4 is 11.1 Å². The molecule has 0 bridgehead atoms. The van der Waals surface area contributed by atoms with Gasteiger partial charge in [0.1, 0.15) is 6.04 Å². The highest BCUT2D eigenvalue weighted by molar-refractivity contribution is 5.81. The average Bonchev–Trinajstić information content (AvgIpc) is 2.60. The lowest BCUT2D eigenvalue weighted by Gasteiger charge is -2.27. The molecule has 0 aromatic heterocycles. The number of aliphatic hydroxyl groups is 1. The summed E-state index contributed by atoms with van der Waals surface area (Å²) in [5.74, 6) is 5.76. The molecule has 4 heteroatoms. The zero-order valence-electron chi connectivity index (χ0n) is 15.3. The van der Waals surface area contributed by atoms with Crippen LogP contribution in [0.2, 0.25) is 0 Å².